The lowest BCUT2D eigenvalue weighted by atomic mass is 10.0. The van der Waals surface area contributed by atoms with Gasteiger partial charge in [0.05, 0.1) is 5.56 Å². The van der Waals surface area contributed by atoms with Gasteiger partial charge in [-0.25, -0.2) is 10.8 Å². The number of nitrogen functional groups attached to an aromatic ring is 1. The van der Waals surface area contributed by atoms with Crippen molar-refractivity contribution in [2.75, 3.05) is 18.5 Å². The second-order valence-corrected chi connectivity index (χ2v) is 4.77. The number of hydrazine groups is 1. The molecule has 0 aromatic carbocycles. The van der Waals surface area contributed by atoms with E-state index >= 15 is 0 Å². The minimum atomic E-state index is 0.0738. The fraction of sp³-hybridized carbons (Fsp3) is 0.538. The predicted molar refractivity (Wildman–Crippen MR) is 71.0 cm³/mol. The van der Waals surface area contributed by atoms with E-state index < -0.39 is 0 Å². The van der Waals surface area contributed by atoms with Gasteiger partial charge in [0, 0.05) is 19.3 Å². The van der Waals surface area contributed by atoms with Gasteiger partial charge in [-0.1, -0.05) is 13.3 Å². The van der Waals surface area contributed by atoms with E-state index in [0.29, 0.717) is 17.3 Å². The molecular weight excluding hydrogens is 228 g/mol. The van der Waals surface area contributed by atoms with Gasteiger partial charge in [0.25, 0.3) is 5.91 Å². The molecule has 98 valence electrons. The van der Waals surface area contributed by atoms with Crippen molar-refractivity contribution in [3.63, 3.8) is 0 Å². The molecule has 0 spiro atoms. The number of nitrogens with one attached hydrogen (secondary N) is 1. The maximum atomic E-state index is 12.2. The number of carbonyl (C=O) groups excluding carboxylic acids is 1. The lowest BCUT2D eigenvalue weighted by Crippen LogP contribution is -2.28. The minimum absolute atomic E-state index is 0.0738. The number of nitrogens with two attached hydrogens (primary N) is 1. The van der Waals surface area contributed by atoms with Crippen molar-refractivity contribution in [2.24, 2.45) is 11.8 Å². The van der Waals surface area contributed by atoms with Gasteiger partial charge in [-0.15, -0.1) is 0 Å². The van der Waals surface area contributed by atoms with E-state index in [4.69, 9.17) is 5.84 Å². The third kappa shape index (κ3) is 2.79. The average molecular weight is 248 g/mol. The van der Waals surface area contributed by atoms with Crippen LogP contribution in [0.5, 0.6) is 0 Å². The fourth-order valence-electron chi connectivity index (χ4n) is 2.45. The van der Waals surface area contributed by atoms with Crippen LogP contribution in [0.25, 0.3) is 0 Å². The van der Waals surface area contributed by atoms with E-state index in [-0.39, 0.29) is 5.91 Å². The van der Waals surface area contributed by atoms with Crippen LogP contribution >= 0.6 is 0 Å². The van der Waals surface area contributed by atoms with Gasteiger partial charge in [0.1, 0.15) is 5.82 Å². The number of rotatable bonds is 4. The van der Waals surface area contributed by atoms with Crippen molar-refractivity contribution in [3.05, 3.63) is 23.9 Å². The Labute approximate surface area is 107 Å². The van der Waals surface area contributed by atoms with E-state index in [2.05, 4.69) is 17.3 Å². The summed E-state index contributed by atoms with van der Waals surface area (Å²) in [5, 5.41) is 0. The summed E-state index contributed by atoms with van der Waals surface area (Å²) in [6.07, 6.45) is 5.09. The van der Waals surface area contributed by atoms with Gasteiger partial charge in [0.15, 0.2) is 0 Å². The summed E-state index contributed by atoms with van der Waals surface area (Å²) in [6.45, 7) is 3.93. The Bertz CT molecular complexity index is 404. The normalized spacial score (nSPS) is 19.0. The number of carbonyl (C=O) groups is 1. The number of nitrogens with zero attached hydrogens (tertiary/aromatic N) is 2. The Balaban J connectivity index is 1.98. The average Bonchev–Trinajstić information content (AvgIpc) is 2.87. The van der Waals surface area contributed by atoms with Crippen molar-refractivity contribution in [2.45, 2.75) is 26.2 Å². The molecule has 0 radical (unpaired) electrons. The summed E-state index contributed by atoms with van der Waals surface area (Å²) < 4.78 is 0. The molecule has 1 fully saturated rings. The van der Waals surface area contributed by atoms with Gasteiger partial charge in [-0.3, -0.25) is 4.79 Å². The molecule has 5 heteroatoms. The van der Waals surface area contributed by atoms with Gasteiger partial charge >= 0.3 is 0 Å². The first-order chi connectivity index (χ1) is 8.74. The van der Waals surface area contributed by atoms with E-state index in [9.17, 15) is 4.79 Å². The van der Waals surface area contributed by atoms with Crippen molar-refractivity contribution in [3.8, 4) is 0 Å². The van der Waals surface area contributed by atoms with E-state index in [1.54, 1.807) is 18.3 Å². The smallest absolute Gasteiger partial charge is 0.255 e. The Kier molecular flexibility index (Phi) is 4.15. The molecule has 1 aliphatic rings. The van der Waals surface area contributed by atoms with Gasteiger partial charge in [-0.2, -0.15) is 0 Å². The number of anilines is 1. The zero-order valence-electron chi connectivity index (χ0n) is 10.7. The van der Waals surface area contributed by atoms with Crippen molar-refractivity contribution in [1.29, 1.82) is 0 Å². The van der Waals surface area contributed by atoms with Crippen LogP contribution in [0.4, 0.5) is 5.82 Å². The first-order valence-electron chi connectivity index (χ1n) is 6.46. The van der Waals surface area contributed by atoms with E-state index in [1.807, 2.05) is 4.90 Å². The standard InChI is InChI=1S/C13H20N4O/c1-2-3-10-6-7-17(9-10)13(18)11-4-5-12(16-14)15-8-11/h4-5,8,10H,2-3,6-7,9,14H2,1H3,(H,15,16). The van der Waals surface area contributed by atoms with E-state index in [1.165, 1.54) is 12.8 Å². The Morgan fingerprint density at radius 1 is 1.61 bits per heavy atom. The number of hydrogen-bond acceptors (Lipinski definition) is 4. The molecule has 0 saturated carbocycles. The number of likely N-dealkylation sites (tertiary alicyclic amines) is 1. The van der Waals surface area contributed by atoms with Crippen LogP contribution in [-0.4, -0.2) is 28.9 Å². The zero-order chi connectivity index (χ0) is 13.0. The maximum Gasteiger partial charge on any atom is 0.255 e. The van der Waals surface area contributed by atoms with Gasteiger partial charge in [-0.05, 0) is 30.9 Å². The summed E-state index contributed by atoms with van der Waals surface area (Å²) in [5.74, 6) is 6.55. The number of pyridine rings is 1. The molecule has 2 rings (SSSR count). The first kappa shape index (κ1) is 12.8. The summed E-state index contributed by atoms with van der Waals surface area (Å²) >= 11 is 0. The molecule has 1 aromatic rings. The van der Waals surface area contributed by atoms with Crippen molar-refractivity contribution in [1.82, 2.24) is 9.88 Å². The molecule has 1 unspecified atom stereocenters. The van der Waals surface area contributed by atoms with Crippen LogP contribution in [0.3, 0.4) is 0 Å². The van der Waals surface area contributed by atoms with Gasteiger partial charge in [0.2, 0.25) is 0 Å². The Hall–Kier alpha value is -1.62. The first-order valence-corrected chi connectivity index (χ1v) is 6.46. The highest BCUT2D eigenvalue weighted by Gasteiger charge is 2.26. The van der Waals surface area contributed by atoms with Crippen LogP contribution in [0, 0.1) is 5.92 Å². The molecule has 1 amide bonds. The zero-order valence-corrected chi connectivity index (χ0v) is 10.7. The lowest BCUT2D eigenvalue weighted by molar-refractivity contribution is 0.0786. The molecule has 2 heterocycles. The molecule has 1 aliphatic heterocycles. The highest BCUT2D eigenvalue weighted by atomic mass is 16.2. The molecule has 1 atom stereocenters. The Morgan fingerprint density at radius 3 is 3.06 bits per heavy atom. The summed E-state index contributed by atoms with van der Waals surface area (Å²) in [6, 6.07) is 3.48. The van der Waals surface area contributed by atoms with Crippen LogP contribution in [0.1, 0.15) is 36.5 Å². The molecule has 0 aliphatic carbocycles. The topological polar surface area (TPSA) is 71.2 Å². The summed E-state index contributed by atoms with van der Waals surface area (Å²) in [7, 11) is 0. The summed E-state index contributed by atoms with van der Waals surface area (Å²) in [4.78, 5) is 18.2. The minimum Gasteiger partial charge on any atom is -0.338 e. The second-order valence-electron chi connectivity index (χ2n) is 4.77. The molecular formula is C13H20N4O. The molecule has 1 aromatic heterocycles. The number of aromatic nitrogens is 1. The third-order valence-corrected chi connectivity index (χ3v) is 3.43. The fourth-order valence-corrected chi connectivity index (χ4v) is 2.45. The molecule has 3 N–H and O–H groups in total. The quantitative estimate of drug-likeness (QED) is 0.627. The van der Waals surface area contributed by atoms with Gasteiger partial charge < -0.3 is 10.3 Å². The van der Waals surface area contributed by atoms with Crippen LogP contribution in [-0.2, 0) is 0 Å². The van der Waals surface area contributed by atoms with E-state index in [0.717, 1.165) is 19.5 Å². The van der Waals surface area contributed by atoms with Crippen LogP contribution in [0.2, 0.25) is 0 Å². The summed E-state index contributed by atoms with van der Waals surface area (Å²) in [5.41, 5.74) is 3.08. The monoisotopic (exact) mass is 248 g/mol. The second kappa shape index (κ2) is 5.82. The number of hydrogen-bond donors (Lipinski definition) is 2. The predicted octanol–water partition coefficient (Wildman–Crippen LogP) is 1.63. The van der Waals surface area contributed by atoms with Crippen molar-refractivity contribution < 1.29 is 4.79 Å². The van der Waals surface area contributed by atoms with Crippen molar-refractivity contribution >= 4 is 11.7 Å². The van der Waals surface area contributed by atoms with Crippen LogP contribution in [0.15, 0.2) is 18.3 Å². The molecule has 0 bridgehead atoms. The van der Waals surface area contributed by atoms with Crippen LogP contribution < -0.4 is 11.3 Å². The molecule has 1 saturated heterocycles. The lowest BCUT2D eigenvalue weighted by Gasteiger charge is -2.16. The molecule has 5 nitrogen and oxygen atoms in total. The third-order valence-electron chi connectivity index (χ3n) is 3.43. The highest BCUT2D eigenvalue weighted by Crippen LogP contribution is 2.22. The Morgan fingerprint density at radius 2 is 2.44 bits per heavy atom. The highest BCUT2D eigenvalue weighted by molar-refractivity contribution is 5.94. The largest absolute Gasteiger partial charge is 0.338 e. The SMILES string of the molecule is CCCC1CCN(C(=O)c2ccc(NN)nc2)C1. The maximum absolute atomic E-state index is 12.2. The molecule has 18 heavy (non-hydrogen) atoms. The number of amides is 1.